The second-order valence-corrected chi connectivity index (χ2v) is 8.95. The number of nitrogens with zero attached hydrogens (tertiary/aromatic N) is 2. The van der Waals surface area contributed by atoms with Crippen LogP contribution >= 0.6 is 11.3 Å². The van der Waals surface area contributed by atoms with Gasteiger partial charge in [-0.15, -0.1) is 11.3 Å². The molecule has 1 unspecified atom stereocenters. The topological polar surface area (TPSA) is 87.6 Å². The molecule has 1 fully saturated rings. The minimum atomic E-state index is -3.56. The van der Waals surface area contributed by atoms with Crippen LogP contribution in [0.2, 0.25) is 0 Å². The maximum Gasteiger partial charge on any atom is 0.318 e. The Balaban J connectivity index is 1.71. The number of para-hydroxylation sites is 1. The molecule has 6 nitrogen and oxygen atoms in total. The van der Waals surface area contributed by atoms with Crippen LogP contribution in [0.5, 0.6) is 0 Å². The van der Waals surface area contributed by atoms with E-state index in [1.807, 2.05) is 24.3 Å². The number of thiazole rings is 1. The SMILES string of the molecule is O=C(O)CS(=O)(=O)CCN1CCCC1c1nc2ccccc2s1. The summed E-state index contributed by atoms with van der Waals surface area (Å²) in [6, 6.07) is 8.08. The summed E-state index contributed by atoms with van der Waals surface area (Å²) in [7, 11) is -3.56. The molecule has 0 spiro atoms. The highest BCUT2D eigenvalue weighted by Gasteiger charge is 2.29. The average Bonchev–Trinajstić information content (AvgIpc) is 3.09. The van der Waals surface area contributed by atoms with Gasteiger partial charge in [-0.2, -0.15) is 0 Å². The van der Waals surface area contributed by atoms with Gasteiger partial charge in [-0.3, -0.25) is 9.69 Å². The van der Waals surface area contributed by atoms with Crippen LogP contribution in [0.4, 0.5) is 0 Å². The Kier molecular flexibility index (Phi) is 4.65. The number of sulfone groups is 1. The first-order chi connectivity index (χ1) is 10.9. The normalized spacial score (nSPS) is 19.4. The van der Waals surface area contributed by atoms with Crippen LogP contribution in [0.15, 0.2) is 24.3 Å². The van der Waals surface area contributed by atoms with E-state index in [4.69, 9.17) is 5.11 Å². The molecule has 2 heterocycles. The van der Waals surface area contributed by atoms with Crippen molar-refractivity contribution in [2.24, 2.45) is 0 Å². The van der Waals surface area contributed by atoms with Crippen LogP contribution in [0.1, 0.15) is 23.9 Å². The van der Waals surface area contributed by atoms with E-state index < -0.39 is 21.6 Å². The van der Waals surface area contributed by atoms with E-state index in [0.717, 1.165) is 34.6 Å². The highest BCUT2D eigenvalue weighted by atomic mass is 32.2. The zero-order valence-corrected chi connectivity index (χ0v) is 14.1. The fraction of sp³-hybridized carbons (Fsp3) is 0.467. The summed E-state index contributed by atoms with van der Waals surface area (Å²) in [6.45, 7) is 1.18. The van der Waals surface area contributed by atoms with Crippen molar-refractivity contribution in [3.63, 3.8) is 0 Å². The van der Waals surface area contributed by atoms with Gasteiger partial charge in [-0.25, -0.2) is 13.4 Å². The molecule has 8 heteroatoms. The molecule has 1 aliphatic rings. The number of hydrogen-bond acceptors (Lipinski definition) is 6. The zero-order valence-electron chi connectivity index (χ0n) is 12.5. The van der Waals surface area contributed by atoms with Crippen LogP contribution in [0.3, 0.4) is 0 Å². The van der Waals surface area contributed by atoms with Crippen molar-refractivity contribution in [1.82, 2.24) is 9.88 Å². The molecule has 124 valence electrons. The third-order valence-electron chi connectivity index (χ3n) is 3.99. The van der Waals surface area contributed by atoms with Gasteiger partial charge in [0.25, 0.3) is 0 Å². The van der Waals surface area contributed by atoms with Gasteiger partial charge in [0, 0.05) is 6.54 Å². The zero-order chi connectivity index (χ0) is 16.4. The Bertz CT molecular complexity index is 783. The smallest absolute Gasteiger partial charge is 0.318 e. The number of aromatic nitrogens is 1. The third-order valence-corrected chi connectivity index (χ3v) is 6.62. The van der Waals surface area contributed by atoms with E-state index in [-0.39, 0.29) is 11.8 Å². The fourth-order valence-corrected chi connectivity index (χ4v) is 5.09. The van der Waals surface area contributed by atoms with Crippen molar-refractivity contribution >= 4 is 37.4 Å². The van der Waals surface area contributed by atoms with Gasteiger partial charge in [0.15, 0.2) is 9.84 Å². The summed E-state index contributed by atoms with van der Waals surface area (Å²) in [5.41, 5.74) is 0.970. The van der Waals surface area contributed by atoms with Crippen LogP contribution < -0.4 is 0 Å². The lowest BCUT2D eigenvalue weighted by Gasteiger charge is -2.22. The molecule has 1 N–H and O–H groups in total. The highest BCUT2D eigenvalue weighted by molar-refractivity contribution is 7.92. The summed E-state index contributed by atoms with van der Waals surface area (Å²) in [6.07, 6.45) is 1.96. The molecular weight excluding hydrogens is 336 g/mol. The maximum absolute atomic E-state index is 11.8. The van der Waals surface area contributed by atoms with Gasteiger partial charge in [-0.05, 0) is 31.5 Å². The van der Waals surface area contributed by atoms with Crippen molar-refractivity contribution in [3.8, 4) is 0 Å². The number of carboxylic acids is 1. The summed E-state index contributed by atoms with van der Waals surface area (Å²) in [4.78, 5) is 17.4. The lowest BCUT2D eigenvalue weighted by atomic mass is 10.2. The van der Waals surface area contributed by atoms with Gasteiger partial charge in [-0.1, -0.05) is 12.1 Å². The third kappa shape index (κ3) is 3.88. The largest absolute Gasteiger partial charge is 0.480 e. The molecule has 1 aromatic carbocycles. The number of carbonyl (C=O) groups is 1. The number of rotatable bonds is 6. The van der Waals surface area contributed by atoms with Gasteiger partial charge in [0.2, 0.25) is 0 Å². The Labute approximate surface area is 138 Å². The minimum absolute atomic E-state index is 0.124. The number of hydrogen-bond donors (Lipinski definition) is 1. The second kappa shape index (κ2) is 6.54. The van der Waals surface area contributed by atoms with Gasteiger partial charge in [0.05, 0.1) is 22.0 Å². The molecule has 2 aromatic rings. The van der Waals surface area contributed by atoms with Crippen molar-refractivity contribution in [2.45, 2.75) is 18.9 Å². The molecule has 0 bridgehead atoms. The van der Waals surface area contributed by atoms with E-state index in [1.54, 1.807) is 11.3 Å². The molecule has 1 aliphatic heterocycles. The van der Waals surface area contributed by atoms with Crippen molar-refractivity contribution in [1.29, 1.82) is 0 Å². The average molecular weight is 354 g/mol. The minimum Gasteiger partial charge on any atom is -0.480 e. The summed E-state index contributed by atoms with van der Waals surface area (Å²) in [5, 5.41) is 9.66. The van der Waals surface area contributed by atoms with Crippen molar-refractivity contribution in [2.75, 3.05) is 24.6 Å². The molecule has 1 aromatic heterocycles. The predicted molar refractivity (Wildman–Crippen MR) is 89.5 cm³/mol. The number of likely N-dealkylation sites (tertiary alicyclic amines) is 1. The fourth-order valence-electron chi connectivity index (χ4n) is 2.92. The van der Waals surface area contributed by atoms with Crippen LogP contribution in [-0.4, -0.2) is 54.0 Å². The highest BCUT2D eigenvalue weighted by Crippen LogP contribution is 2.36. The summed E-state index contributed by atoms with van der Waals surface area (Å²) < 4.78 is 24.7. The van der Waals surface area contributed by atoms with Gasteiger partial charge < -0.3 is 5.11 Å². The number of benzene rings is 1. The molecule has 1 saturated heterocycles. The van der Waals surface area contributed by atoms with Crippen molar-refractivity contribution in [3.05, 3.63) is 29.3 Å². The van der Waals surface area contributed by atoms with Crippen LogP contribution in [0, 0.1) is 0 Å². The molecule has 23 heavy (non-hydrogen) atoms. The molecular formula is C15H18N2O4S2. The number of aliphatic carboxylic acids is 1. The number of carboxylic acid groups (broad SMARTS) is 1. The first-order valence-corrected chi connectivity index (χ1v) is 10.1. The molecule has 0 amide bonds. The van der Waals surface area contributed by atoms with Crippen LogP contribution in [-0.2, 0) is 14.6 Å². The molecule has 0 aliphatic carbocycles. The number of fused-ring (bicyclic) bond motifs is 1. The quantitative estimate of drug-likeness (QED) is 0.853. The maximum atomic E-state index is 11.8. The van der Waals surface area contributed by atoms with Crippen LogP contribution in [0.25, 0.3) is 10.2 Å². The summed E-state index contributed by atoms with van der Waals surface area (Å²) >= 11 is 1.65. The van der Waals surface area contributed by atoms with Gasteiger partial charge in [0.1, 0.15) is 10.8 Å². The Hall–Kier alpha value is -1.51. The Morgan fingerprint density at radius 1 is 1.39 bits per heavy atom. The molecule has 1 atom stereocenters. The lowest BCUT2D eigenvalue weighted by Crippen LogP contribution is -2.31. The van der Waals surface area contributed by atoms with Crippen molar-refractivity contribution < 1.29 is 18.3 Å². The van der Waals surface area contributed by atoms with E-state index in [1.165, 1.54) is 0 Å². The standard InChI is InChI=1S/C15H18N2O4S2/c18-14(19)10-23(20,21)9-8-17-7-3-5-12(17)15-16-11-4-1-2-6-13(11)22-15/h1-2,4,6,12H,3,5,7-10H2,(H,18,19). The van der Waals surface area contributed by atoms with Gasteiger partial charge >= 0.3 is 5.97 Å². The lowest BCUT2D eigenvalue weighted by molar-refractivity contribution is -0.134. The predicted octanol–water partition coefficient (Wildman–Crippen LogP) is 1.93. The molecule has 3 rings (SSSR count). The van der Waals surface area contributed by atoms with E-state index in [0.29, 0.717) is 6.54 Å². The molecule has 0 saturated carbocycles. The summed E-state index contributed by atoms with van der Waals surface area (Å²) in [5.74, 6) is -2.22. The molecule has 0 radical (unpaired) electrons. The Morgan fingerprint density at radius 2 is 2.17 bits per heavy atom. The van der Waals surface area contributed by atoms with E-state index in [2.05, 4.69) is 9.88 Å². The van der Waals surface area contributed by atoms with E-state index >= 15 is 0 Å². The second-order valence-electron chi connectivity index (χ2n) is 5.70. The first-order valence-electron chi connectivity index (χ1n) is 7.46. The Morgan fingerprint density at radius 3 is 2.91 bits per heavy atom. The monoisotopic (exact) mass is 354 g/mol. The van der Waals surface area contributed by atoms with E-state index in [9.17, 15) is 13.2 Å². The first kappa shape index (κ1) is 16.4.